The molecule has 2 unspecified atom stereocenters. The molecule has 0 aromatic rings. The fourth-order valence-corrected chi connectivity index (χ4v) is 0.584. The molecule has 0 bridgehead atoms. The highest BCUT2D eigenvalue weighted by Gasteiger charge is 2.20. The third-order valence-electron chi connectivity index (χ3n) is 1.67. The molecule has 0 aliphatic rings. The average Bonchev–Trinajstić information content (AvgIpc) is 2.02. The van der Waals surface area contributed by atoms with Crippen molar-refractivity contribution in [2.45, 2.75) is 19.9 Å². The highest BCUT2D eigenvalue weighted by atomic mass is 16.5. The summed E-state index contributed by atoms with van der Waals surface area (Å²) >= 11 is 0. The van der Waals surface area contributed by atoms with Crippen LogP contribution < -0.4 is 5.32 Å². The Labute approximate surface area is 70.7 Å². The number of carbonyl (C=O) groups is 2. The molecule has 70 valence electrons. The molecule has 0 saturated heterocycles. The van der Waals surface area contributed by atoms with E-state index < -0.39 is 24.0 Å². The van der Waals surface area contributed by atoms with Gasteiger partial charge in [0.05, 0.1) is 13.0 Å². The minimum atomic E-state index is -0.945. The number of carboxylic acid groups (broad SMARTS) is 1. The van der Waals surface area contributed by atoms with E-state index in [4.69, 9.17) is 5.11 Å². The number of ether oxygens (including phenoxy) is 1. The van der Waals surface area contributed by atoms with Gasteiger partial charge in [-0.2, -0.15) is 0 Å². The summed E-state index contributed by atoms with van der Waals surface area (Å²) in [4.78, 5) is 21.0. The maximum Gasteiger partial charge on any atom is 0.407 e. The SMILES string of the molecule is COC(=O)NC(C)C(C)C(=O)O. The highest BCUT2D eigenvalue weighted by Crippen LogP contribution is 2.01. The van der Waals surface area contributed by atoms with Crippen molar-refractivity contribution in [3.8, 4) is 0 Å². The number of nitrogens with one attached hydrogen (secondary N) is 1. The lowest BCUT2D eigenvalue weighted by molar-refractivity contribution is -0.141. The lowest BCUT2D eigenvalue weighted by Gasteiger charge is -2.16. The smallest absolute Gasteiger partial charge is 0.407 e. The van der Waals surface area contributed by atoms with Crippen molar-refractivity contribution in [1.29, 1.82) is 0 Å². The number of aliphatic carboxylic acids is 1. The first-order valence-electron chi connectivity index (χ1n) is 3.56. The Bertz CT molecular complexity index is 180. The highest BCUT2D eigenvalue weighted by molar-refractivity contribution is 5.72. The molecule has 0 aromatic heterocycles. The molecule has 0 heterocycles. The van der Waals surface area contributed by atoms with Gasteiger partial charge in [0, 0.05) is 6.04 Å². The molecule has 0 aromatic carbocycles. The van der Waals surface area contributed by atoms with E-state index in [-0.39, 0.29) is 0 Å². The normalized spacial score (nSPS) is 14.6. The van der Waals surface area contributed by atoms with Crippen molar-refractivity contribution in [3.63, 3.8) is 0 Å². The van der Waals surface area contributed by atoms with E-state index in [0.717, 1.165) is 0 Å². The Morgan fingerprint density at radius 2 is 1.92 bits per heavy atom. The molecule has 2 atom stereocenters. The number of carboxylic acids is 1. The van der Waals surface area contributed by atoms with Gasteiger partial charge in [0.1, 0.15) is 0 Å². The number of carbonyl (C=O) groups excluding carboxylic acids is 1. The van der Waals surface area contributed by atoms with Crippen molar-refractivity contribution >= 4 is 12.1 Å². The standard InChI is InChI=1S/C7H13NO4/c1-4(6(9)10)5(2)8-7(11)12-3/h4-5H,1-3H3,(H,8,11)(H,9,10). The number of alkyl carbamates (subject to hydrolysis) is 1. The summed E-state index contributed by atoms with van der Waals surface area (Å²) in [6, 6.07) is -0.435. The Hall–Kier alpha value is -1.26. The van der Waals surface area contributed by atoms with E-state index >= 15 is 0 Å². The zero-order valence-electron chi connectivity index (χ0n) is 7.33. The van der Waals surface area contributed by atoms with Crippen LogP contribution >= 0.6 is 0 Å². The number of hydrogen-bond donors (Lipinski definition) is 2. The van der Waals surface area contributed by atoms with Crippen LogP contribution in [0.1, 0.15) is 13.8 Å². The predicted molar refractivity (Wildman–Crippen MR) is 41.8 cm³/mol. The van der Waals surface area contributed by atoms with Crippen molar-refractivity contribution in [2.75, 3.05) is 7.11 Å². The maximum absolute atomic E-state index is 10.6. The molecule has 0 aliphatic heterocycles. The molecule has 1 amide bonds. The second-order valence-electron chi connectivity index (χ2n) is 2.55. The zero-order valence-corrected chi connectivity index (χ0v) is 7.33. The first-order valence-corrected chi connectivity index (χ1v) is 3.56. The molecule has 5 nitrogen and oxygen atoms in total. The average molecular weight is 175 g/mol. The first-order chi connectivity index (χ1) is 5.49. The van der Waals surface area contributed by atoms with Gasteiger partial charge in [-0.3, -0.25) is 4.79 Å². The number of amides is 1. The van der Waals surface area contributed by atoms with Crippen LogP contribution in [0.5, 0.6) is 0 Å². The molecule has 2 N–H and O–H groups in total. The lowest BCUT2D eigenvalue weighted by atomic mass is 10.1. The van der Waals surface area contributed by atoms with Gasteiger partial charge in [0.15, 0.2) is 0 Å². The number of rotatable bonds is 3. The van der Waals surface area contributed by atoms with Crippen LogP contribution in [-0.4, -0.2) is 30.3 Å². The molecule has 5 heteroatoms. The summed E-state index contributed by atoms with van der Waals surface area (Å²) in [5, 5.41) is 10.9. The molecule has 12 heavy (non-hydrogen) atoms. The van der Waals surface area contributed by atoms with Crippen LogP contribution in [0.25, 0.3) is 0 Å². The second-order valence-corrected chi connectivity index (χ2v) is 2.55. The monoisotopic (exact) mass is 175 g/mol. The van der Waals surface area contributed by atoms with Gasteiger partial charge in [-0.1, -0.05) is 0 Å². The van der Waals surface area contributed by atoms with E-state index in [1.165, 1.54) is 14.0 Å². The third kappa shape index (κ3) is 3.23. The minimum Gasteiger partial charge on any atom is -0.481 e. The van der Waals surface area contributed by atoms with E-state index in [0.29, 0.717) is 0 Å². The van der Waals surface area contributed by atoms with Crippen LogP contribution in [0, 0.1) is 5.92 Å². The third-order valence-corrected chi connectivity index (χ3v) is 1.67. The van der Waals surface area contributed by atoms with Crippen molar-refractivity contribution < 1.29 is 19.4 Å². The zero-order chi connectivity index (χ0) is 9.72. The Balaban J connectivity index is 3.94. The van der Waals surface area contributed by atoms with Crippen molar-refractivity contribution in [2.24, 2.45) is 5.92 Å². The van der Waals surface area contributed by atoms with E-state index in [1.807, 2.05) is 0 Å². The van der Waals surface area contributed by atoms with Crippen molar-refractivity contribution in [1.82, 2.24) is 5.32 Å². The van der Waals surface area contributed by atoms with E-state index in [1.54, 1.807) is 6.92 Å². The largest absolute Gasteiger partial charge is 0.481 e. The van der Waals surface area contributed by atoms with Gasteiger partial charge in [-0.25, -0.2) is 4.79 Å². The molecule has 0 rings (SSSR count). The van der Waals surface area contributed by atoms with Gasteiger partial charge in [0.25, 0.3) is 0 Å². The minimum absolute atomic E-state index is 0.435. The summed E-state index contributed by atoms with van der Waals surface area (Å²) in [6.45, 7) is 3.12. The fourth-order valence-electron chi connectivity index (χ4n) is 0.584. The van der Waals surface area contributed by atoms with Crippen molar-refractivity contribution in [3.05, 3.63) is 0 Å². The molecule has 0 aliphatic carbocycles. The Morgan fingerprint density at radius 1 is 1.42 bits per heavy atom. The van der Waals surface area contributed by atoms with E-state index in [9.17, 15) is 9.59 Å². The number of methoxy groups -OCH3 is 1. The quantitative estimate of drug-likeness (QED) is 0.653. The Kier molecular flexibility index (Phi) is 4.10. The fraction of sp³-hybridized carbons (Fsp3) is 0.714. The predicted octanol–water partition coefficient (Wildman–Crippen LogP) is 0.452. The van der Waals surface area contributed by atoms with Crippen LogP contribution in [0.4, 0.5) is 4.79 Å². The van der Waals surface area contributed by atoms with Gasteiger partial charge in [0.2, 0.25) is 0 Å². The number of hydrogen-bond acceptors (Lipinski definition) is 3. The lowest BCUT2D eigenvalue weighted by Crippen LogP contribution is -2.39. The van der Waals surface area contributed by atoms with Gasteiger partial charge in [-0.05, 0) is 13.8 Å². The molecular formula is C7H13NO4. The summed E-state index contributed by atoms with van der Waals surface area (Å²) in [7, 11) is 1.23. The first kappa shape index (κ1) is 10.7. The van der Waals surface area contributed by atoms with Gasteiger partial charge >= 0.3 is 12.1 Å². The van der Waals surface area contributed by atoms with E-state index in [2.05, 4.69) is 10.1 Å². The van der Waals surface area contributed by atoms with Crippen LogP contribution in [-0.2, 0) is 9.53 Å². The molecule has 0 saturated carbocycles. The maximum atomic E-state index is 10.6. The molecular weight excluding hydrogens is 162 g/mol. The molecule has 0 radical (unpaired) electrons. The van der Waals surface area contributed by atoms with Gasteiger partial charge < -0.3 is 15.2 Å². The summed E-state index contributed by atoms with van der Waals surface area (Å²) < 4.78 is 4.31. The Morgan fingerprint density at radius 3 is 2.25 bits per heavy atom. The summed E-state index contributed by atoms with van der Waals surface area (Å²) in [6.07, 6.45) is -0.615. The van der Waals surface area contributed by atoms with Crippen LogP contribution in [0.2, 0.25) is 0 Å². The topological polar surface area (TPSA) is 75.6 Å². The van der Waals surface area contributed by atoms with Crippen LogP contribution in [0.15, 0.2) is 0 Å². The molecule has 0 spiro atoms. The van der Waals surface area contributed by atoms with Crippen LogP contribution in [0.3, 0.4) is 0 Å². The summed E-state index contributed by atoms with van der Waals surface area (Å²) in [5.41, 5.74) is 0. The van der Waals surface area contributed by atoms with Gasteiger partial charge in [-0.15, -0.1) is 0 Å². The molecule has 0 fully saturated rings. The second kappa shape index (κ2) is 4.58. The summed E-state index contributed by atoms with van der Waals surface area (Å²) in [5.74, 6) is -1.57.